The molecular formula is C7H13NO3S. The first-order valence-corrected chi connectivity index (χ1v) is 5.47. The van der Waals surface area contributed by atoms with Gasteiger partial charge in [0.15, 0.2) is 5.78 Å². The Morgan fingerprint density at radius 1 is 1.42 bits per heavy atom. The van der Waals surface area contributed by atoms with Gasteiger partial charge in [-0.1, -0.05) is 0 Å². The molecule has 5 heteroatoms. The lowest BCUT2D eigenvalue weighted by Gasteiger charge is -2.09. The van der Waals surface area contributed by atoms with Gasteiger partial charge in [0, 0.05) is 20.0 Å². The van der Waals surface area contributed by atoms with Crippen molar-refractivity contribution in [1.29, 1.82) is 0 Å². The molecule has 12 heavy (non-hydrogen) atoms. The molecule has 0 saturated heterocycles. The average Bonchev–Trinajstić information content (AvgIpc) is 2.65. The maximum Gasteiger partial charge on any atom is 0.220 e. The Balaban J connectivity index is 2.54. The molecule has 4 nitrogen and oxygen atoms in total. The number of hydrogen-bond acceptors (Lipinski definition) is 3. The zero-order valence-corrected chi connectivity index (χ0v) is 8.10. The second-order valence-electron chi connectivity index (χ2n) is 3.28. The van der Waals surface area contributed by atoms with E-state index in [2.05, 4.69) is 0 Å². The predicted molar refractivity (Wildman–Crippen MR) is 45.2 cm³/mol. The van der Waals surface area contributed by atoms with Crippen LogP contribution in [0.3, 0.4) is 0 Å². The van der Waals surface area contributed by atoms with E-state index in [1.165, 1.54) is 14.1 Å². The van der Waals surface area contributed by atoms with Gasteiger partial charge in [0.25, 0.3) is 0 Å². The first kappa shape index (κ1) is 9.67. The normalized spacial score (nSPS) is 18.2. The molecule has 1 aliphatic carbocycles. The Bertz CT molecular complexity index is 277. The molecule has 0 N–H and O–H groups in total. The monoisotopic (exact) mass is 191 g/mol. The second-order valence-corrected chi connectivity index (χ2v) is 5.46. The summed E-state index contributed by atoms with van der Waals surface area (Å²) in [6, 6.07) is 0. The summed E-state index contributed by atoms with van der Waals surface area (Å²) in [7, 11) is -0.439. The molecule has 0 heterocycles. The molecule has 1 rings (SSSR count). The molecule has 1 fully saturated rings. The summed E-state index contributed by atoms with van der Waals surface area (Å²) in [5, 5.41) is 0. The van der Waals surface area contributed by atoms with Crippen LogP contribution in [0.4, 0.5) is 0 Å². The fourth-order valence-electron chi connectivity index (χ4n) is 0.832. The van der Waals surface area contributed by atoms with E-state index in [4.69, 9.17) is 0 Å². The maximum atomic E-state index is 11.2. The minimum atomic E-state index is -3.32. The standard InChI is InChI=1S/C7H13NO3S/c1-8(2)12(10,11)5-7(9)6-3-4-6/h6H,3-5H2,1-2H3. The fourth-order valence-corrected chi connectivity index (χ4v) is 1.69. The molecule has 0 aliphatic heterocycles. The predicted octanol–water partition coefficient (Wildman–Crippen LogP) is -0.143. The molecule has 0 radical (unpaired) electrons. The fraction of sp³-hybridized carbons (Fsp3) is 0.857. The van der Waals surface area contributed by atoms with E-state index in [1.54, 1.807) is 0 Å². The molecule has 0 atom stereocenters. The Morgan fingerprint density at radius 2 is 1.92 bits per heavy atom. The van der Waals surface area contributed by atoms with Crippen molar-refractivity contribution in [3.8, 4) is 0 Å². The second kappa shape index (κ2) is 3.14. The van der Waals surface area contributed by atoms with Crippen LogP contribution in [0.1, 0.15) is 12.8 Å². The number of carbonyl (C=O) groups is 1. The van der Waals surface area contributed by atoms with Crippen molar-refractivity contribution < 1.29 is 13.2 Å². The Labute approximate surface area is 72.6 Å². The minimum absolute atomic E-state index is 0.0275. The molecule has 0 aromatic heterocycles. The van der Waals surface area contributed by atoms with Gasteiger partial charge in [-0.2, -0.15) is 0 Å². The lowest BCUT2D eigenvalue weighted by Crippen LogP contribution is -2.29. The first-order chi connectivity index (χ1) is 5.43. The third-order valence-corrected chi connectivity index (χ3v) is 3.68. The molecule has 0 amide bonds. The van der Waals surface area contributed by atoms with Gasteiger partial charge >= 0.3 is 0 Å². The summed E-state index contributed by atoms with van der Waals surface area (Å²) in [5.41, 5.74) is 0. The smallest absolute Gasteiger partial charge is 0.220 e. The van der Waals surface area contributed by atoms with Crippen LogP contribution in [0.2, 0.25) is 0 Å². The molecular weight excluding hydrogens is 178 g/mol. The number of nitrogens with zero attached hydrogens (tertiary/aromatic N) is 1. The molecule has 0 bridgehead atoms. The van der Waals surface area contributed by atoms with Crippen molar-refractivity contribution in [2.45, 2.75) is 12.8 Å². The van der Waals surface area contributed by atoms with E-state index >= 15 is 0 Å². The zero-order valence-electron chi connectivity index (χ0n) is 7.28. The third-order valence-electron chi connectivity index (χ3n) is 1.91. The molecule has 1 aliphatic rings. The summed E-state index contributed by atoms with van der Waals surface area (Å²) < 4.78 is 23.4. The van der Waals surface area contributed by atoms with Crippen molar-refractivity contribution in [2.75, 3.05) is 19.8 Å². The highest BCUT2D eigenvalue weighted by molar-refractivity contribution is 7.89. The highest BCUT2D eigenvalue weighted by atomic mass is 32.2. The lowest BCUT2D eigenvalue weighted by atomic mass is 10.3. The van der Waals surface area contributed by atoms with Gasteiger partial charge in [-0.25, -0.2) is 12.7 Å². The number of ketones is 1. The van der Waals surface area contributed by atoms with Gasteiger partial charge in [-0.05, 0) is 12.8 Å². The van der Waals surface area contributed by atoms with Crippen molar-refractivity contribution >= 4 is 15.8 Å². The Kier molecular flexibility index (Phi) is 2.53. The van der Waals surface area contributed by atoms with Crippen LogP contribution >= 0.6 is 0 Å². The molecule has 1 saturated carbocycles. The Hall–Kier alpha value is -0.420. The molecule has 0 aromatic rings. The van der Waals surface area contributed by atoms with E-state index in [1.807, 2.05) is 0 Å². The van der Waals surface area contributed by atoms with Gasteiger partial charge in [-0.15, -0.1) is 0 Å². The van der Waals surface area contributed by atoms with Gasteiger partial charge in [0.05, 0.1) is 0 Å². The van der Waals surface area contributed by atoms with Crippen molar-refractivity contribution in [1.82, 2.24) is 4.31 Å². The molecule has 0 aromatic carbocycles. The van der Waals surface area contributed by atoms with E-state index in [-0.39, 0.29) is 17.5 Å². The van der Waals surface area contributed by atoms with Gasteiger partial charge in [0.1, 0.15) is 5.75 Å². The van der Waals surface area contributed by atoms with Crippen LogP contribution < -0.4 is 0 Å². The highest BCUT2D eigenvalue weighted by Gasteiger charge is 2.32. The molecule has 0 spiro atoms. The topological polar surface area (TPSA) is 54.5 Å². The van der Waals surface area contributed by atoms with Crippen LogP contribution in [0.25, 0.3) is 0 Å². The molecule has 70 valence electrons. The largest absolute Gasteiger partial charge is 0.298 e. The summed E-state index contributed by atoms with van der Waals surface area (Å²) >= 11 is 0. The minimum Gasteiger partial charge on any atom is -0.298 e. The number of sulfonamides is 1. The van der Waals surface area contributed by atoms with Crippen LogP contribution in [0.15, 0.2) is 0 Å². The average molecular weight is 191 g/mol. The number of carbonyl (C=O) groups excluding carboxylic acids is 1. The lowest BCUT2D eigenvalue weighted by molar-refractivity contribution is -0.117. The van der Waals surface area contributed by atoms with Crippen molar-refractivity contribution in [3.63, 3.8) is 0 Å². The van der Waals surface area contributed by atoms with Gasteiger partial charge in [0.2, 0.25) is 10.0 Å². The van der Waals surface area contributed by atoms with E-state index in [0.29, 0.717) is 0 Å². The van der Waals surface area contributed by atoms with E-state index < -0.39 is 10.0 Å². The maximum absolute atomic E-state index is 11.2. The summed E-state index contributed by atoms with van der Waals surface area (Å²) in [6.45, 7) is 0. The van der Waals surface area contributed by atoms with Crippen LogP contribution in [0, 0.1) is 5.92 Å². The van der Waals surface area contributed by atoms with Crippen molar-refractivity contribution in [2.24, 2.45) is 5.92 Å². The third kappa shape index (κ3) is 2.28. The molecule has 0 unspecified atom stereocenters. The van der Waals surface area contributed by atoms with Gasteiger partial charge < -0.3 is 0 Å². The van der Waals surface area contributed by atoms with E-state index in [9.17, 15) is 13.2 Å². The number of hydrogen-bond donors (Lipinski definition) is 0. The first-order valence-electron chi connectivity index (χ1n) is 3.86. The Morgan fingerprint density at radius 3 is 2.25 bits per heavy atom. The van der Waals surface area contributed by atoms with Crippen LogP contribution in [-0.4, -0.2) is 38.4 Å². The SMILES string of the molecule is CN(C)S(=O)(=O)CC(=O)C1CC1. The van der Waals surface area contributed by atoms with E-state index in [0.717, 1.165) is 17.1 Å². The number of Topliss-reactive ketones (excluding diaryl/α,β-unsaturated/α-hetero) is 1. The summed E-state index contributed by atoms with van der Waals surface area (Å²) in [5.74, 6) is -0.437. The van der Waals surface area contributed by atoms with Crippen molar-refractivity contribution in [3.05, 3.63) is 0 Å². The van der Waals surface area contributed by atoms with Gasteiger partial charge in [-0.3, -0.25) is 4.79 Å². The number of rotatable bonds is 4. The summed E-state index contributed by atoms with van der Waals surface area (Å²) in [4.78, 5) is 11.1. The summed E-state index contributed by atoms with van der Waals surface area (Å²) in [6.07, 6.45) is 1.73. The van der Waals surface area contributed by atoms with Crippen LogP contribution in [0.5, 0.6) is 0 Å². The highest BCUT2D eigenvalue weighted by Crippen LogP contribution is 2.30. The zero-order chi connectivity index (χ0) is 9.35. The quantitative estimate of drug-likeness (QED) is 0.621. The van der Waals surface area contributed by atoms with Crippen LogP contribution in [-0.2, 0) is 14.8 Å².